The van der Waals surface area contributed by atoms with Crippen molar-refractivity contribution >= 4 is 0 Å². The normalized spacial score (nSPS) is 19.8. The van der Waals surface area contributed by atoms with Gasteiger partial charge in [-0.15, -0.1) is 0 Å². The van der Waals surface area contributed by atoms with Crippen LogP contribution in [0.5, 0.6) is 0 Å². The van der Waals surface area contributed by atoms with Crippen LogP contribution < -0.4 is 0 Å². The van der Waals surface area contributed by atoms with Gasteiger partial charge in [0, 0.05) is 6.61 Å². The Labute approximate surface area is 104 Å². The zero-order chi connectivity index (χ0) is 12.3. The average molecular weight is 234 g/mol. The van der Waals surface area contributed by atoms with E-state index in [-0.39, 0.29) is 6.10 Å². The Morgan fingerprint density at radius 2 is 1.65 bits per heavy atom. The Bertz CT molecular complexity index is 384. The Hall–Kier alpha value is -0.960. The van der Waals surface area contributed by atoms with Crippen LogP contribution >= 0.6 is 0 Å². The monoisotopic (exact) mass is 234 g/mol. The molecule has 1 saturated heterocycles. The van der Waals surface area contributed by atoms with Crippen LogP contribution in [0.4, 0.5) is 0 Å². The predicted molar refractivity (Wildman–Crippen MR) is 68.1 cm³/mol. The molecule has 1 aliphatic rings. The summed E-state index contributed by atoms with van der Waals surface area (Å²) in [5, 5.41) is 0. The molecule has 94 valence electrons. The average Bonchev–Trinajstić information content (AvgIpc) is 2.90. The van der Waals surface area contributed by atoms with Crippen LogP contribution in [-0.2, 0) is 24.0 Å². The second-order valence-corrected chi connectivity index (χ2v) is 4.51. The summed E-state index contributed by atoms with van der Waals surface area (Å²) in [5.74, 6) is 0. The van der Waals surface area contributed by atoms with Crippen molar-refractivity contribution in [2.75, 3.05) is 6.61 Å². The first-order valence-corrected chi connectivity index (χ1v) is 6.80. The molecule has 0 N–H and O–H groups in total. The fraction of sp³-hybridized carbons (Fsp3) is 0.714. The van der Waals surface area contributed by atoms with Crippen LogP contribution in [0.2, 0.25) is 0 Å². The maximum atomic E-state index is 5.75. The quantitative estimate of drug-likeness (QED) is 0.803. The molecule has 17 heavy (non-hydrogen) atoms. The maximum absolute atomic E-state index is 5.75. The van der Waals surface area contributed by atoms with Crippen molar-refractivity contribution in [3.8, 4) is 0 Å². The lowest BCUT2D eigenvalue weighted by molar-refractivity contribution is 0.107. The number of nitrogens with zero attached hydrogens (tertiary/aromatic N) is 2. The number of hydrogen-bond donors (Lipinski definition) is 0. The van der Waals surface area contributed by atoms with Crippen molar-refractivity contribution in [1.82, 2.24) is 9.97 Å². The number of rotatable bonds is 4. The highest BCUT2D eigenvalue weighted by atomic mass is 16.5. The van der Waals surface area contributed by atoms with E-state index in [0.29, 0.717) is 0 Å². The number of hydrogen-bond acceptors (Lipinski definition) is 3. The zero-order valence-corrected chi connectivity index (χ0v) is 11.1. The second kappa shape index (κ2) is 5.58. The summed E-state index contributed by atoms with van der Waals surface area (Å²) in [5.41, 5.74) is 4.53. The largest absolute Gasteiger partial charge is 0.372 e. The fourth-order valence-electron chi connectivity index (χ4n) is 2.44. The van der Waals surface area contributed by atoms with Gasteiger partial charge in [-0.25, -0.2) is 0 Å². The zero-order valence-electron chi connectivity index (χ0n) is 11.1. The van der Waals surface area contributed by atoms with E-state index in [2.05, 4.69) is 20.8 Å². The van der Waals surface area contributed by atoms with Crippen LogP contribution in [-0.4, -0.2) is 16.6 Å². The second-order valence-electron chi connectivity index (χ2n) is 4.51. The summed E-state index contributed by atoms with van der Waals surface area (Å²) in [6.45, 7) is 7.31. The molecule has 0 aliphatic carbocycles. The molecule has 1 unspecified atom stereocenters. The molecule has 1 aliphatic heterocycles. The molecule has 1 fully saturated rings. The van der Waals surface area contributed by atoms with Gasteiger partial charge in [0.2, 0.25) is 0 Å². The Balaban J connectivity index is 2.41. The summed E-state index contributed by atoms with van der Waals surface area (Å²) in [7, 11) is 0. The molecule has 2 rings (SSSR count). The highest BCUT2D eigenvalue weighted by Gasteiger charge is 2.23. The summed E-state index contributed by atoms with van der Waals surface area (Å²) in [6.07, 6.45) is 5.30. The lowest BCUT2D eigenvalue weighted by atomic mass is 10.1. The summed E-state index contributed by atoms with van der Waals surface area (Å²) >= 11 is 0. The van der Waals surface area contributed by atoms with Gasteiger partial charge in [0.1, 0.15) is 6.10 Å². The van der Waals surface area contributed by atoms with E-state index in [0.717, 1.165) is 61.5 Å². The van der Waals surface area contributed by atoms with E-state index in [4.69, 9.17) is 14.7 Å². The summed E-state index contributed by atoms with van der Waals surface area (Å²) < 4.78 is 5.75. The molecular formula is C14H22N2O. The van der Waals surface area contributed by atoms with E-state index in [1.54, 1.807) is 0 Å². The first kappa shape index (κ1) is 12.5. The van der Waals surface area contributed by atoms with Gasteiger partial charge >= 0.3 is 0 Å². The smallest absolute Gasteiger partial charge is 0.101 e. The minimum Gasteiger partial charge on any atom is -0.372 e. The molecule has 3 nitrogen and oxygen atoms in total. The van der Waals surface area contributed by atoms with Gasteiger partial charge in [-0.3, -0.25) is 9.97 Å². The third-order valence-electron chi connectivity index (χ3n) is 3.39. The van der Waals surface area contributed by atoms with Gasteiger partial charge in [-0.2, -0.15) is 0 Å². The van der Waals surface area contributed by atoms with Crippen molar-refractivity contribution in [3.63, 3.8) is 0 Å². The van der Waals surface area contributed by atoms with Gasteiger partial charge in [0.25, 0.3) is 0 Å². The number of ether oxygens (including phenoxy) is 1. The van der Waals surface area contributed by atoms with Gasteiger partial charge in [0.15, 0.2) is 0 Å². The molecule has 0 spiro atoms. The van der Waals surface area contributed by atoms with Gasteiger partial charge in [-0.05, 0) is 32.1 Å². The first-order chi connectivity index (χ1) is 8.30. The minimum absolute atomic E-state index is 0.189. The van der Waals surface area contributed by atoms with E-state index < -0.39 is 0 Å². The van der Waals surface area contributed by atoms with Gasteiger partial charge < -0.3 is 4.74 Å². The molecule has 0 bridgehead atoms. The highest BCUT2D eigenvalue weighted by Crippen LogP contribution is 2.29. The topological polar surface area (TPSA) is 35.0 Å². The Morgan fingerprint density at radius 3 is 2.18 bits per heavy atom. The van der Waals surface area contributed by atoms with E-state index in [1.807, 2.05) is 0 Å². The Morgan fingerprint density at radius 1 is 1.00 bits per heavy atom. The minimum atomic E-state index is 0.189. The molecule has 3 heteroatoms. The van der Waals surface area contributed by atoms with Crippen LogP contribution in [0.25, 0.3) is 0 Å². The third-order valence-corrected chi connectivity index (χ3v) is 3.39. The van der Waals surface area contributed by atoms with E-state index in [9.17, 15) is 0 Å². The molecule has 0 radical (unpaired) electrons. The van der Waals surface area contributed by atoms with Gasteiger partial charge in [0.05, 0.1) is 22.8 Å². The molecule has 1 atom stereocenters. The van der Waals surface area contributed by atoms with Gasteiger partial charge in [-0.1, -0.05) is 20.8 Å². The van der Waals surface area contributed by atoms with E-state index >= 15 is 0 Å². The standard InChI is InChI=1S/C14H22N2O/c1-4-10-11(5-2)16-14(12(6-3)15-10)13-8-7-9-17-13/h13H,4-9H2,1-3H3. The summed E-state index contributed by atoms with van der Waals surface area (Å²) in [6, 6.07) is 0. The number of aryl methyl sites for hydroxylation is 3. The van der Waals surface area contributed by atoms with Crippen LogP contribution in [0.15, 0.2) is 0 Å². The first-order valence-electron chi connectivity index (χ1n) is 6.80. The highest BCUT2D eigenvalue weighted by molar-refractivity contribution is 5.23. The molecular weight excluding hydrogens is 212 g/mol. The molecule has 0 aromatic carbocycles. The van der Waals surface area contributed by atoms with E-state index in [1.165, 1.54) is 0 Å². The van der Waals surface area contributed by atoms with Crippen LogP contribution in [0.3, 0.4) is 0 Å². The third kappa shape index (κ3) is 2.49. The molecule has 0 saturated carbocycles. The summed E-state index contributed by atoms with van der Waals surface area (Å²) in [4.78, 5) is 9.61. The van der Waals surface area contributed by atoms with Crippen molar-refractivity contribution in [2.45, 2.75) is 59.0 Å². The van der Waals surface area contributed by atoms with Crippen molar-refractivity contribution in [3.05, 3.63) is 22.8 Å². The molecule has 2 heterocycles. The lowest BCUT2D eigenvalue weighted by Crippen LogP contribution is -2.12. The van der Waals surface area contributed by atoms with Crippen LogP contribution in [0.1, 0.15) is 62.5 Å². The number of aromatic nitrogens is 2. The van der Waals surface area contributed by atoms with Crippen molar-refractivity contribution < 1.29 is 4.74 Å². The molecule has 0 amide bonds. The lowest BCUT2D eigenvalue weighted by Gasteiger charge is -2.16. The Kier molecular flexibility index (Phi) is 4.11. The van der Waals surface area contributed by atoms with Crippen LogP contribution in [0, 0.1) is 0 Å². The van der Waals surface area contributed by atoms with Crippen molar-refractivity contribution in [2.24, 2.45) is 0 Å². The fourth-order valence-corrected chi connectivity index (χ4v) is 2.44. The van der Waals surface area contributed by atoms with Crippen molar-refractivity contribution in [1.29, 1.82) is 0 Å². The predicted octanol–water partition coefficient (Wildman–Crippen LogP) is 3.02. The SMILES string of the molecule is CCc1nc(CC)c(C2CCCO2)nc1CC. The maximum Gasteiger partial charge on any atom is 0.101 e. The molecule has 1 aromatic heterocycles. The molecule has 1 aromatic rings.